The summed E-state index contributed by atoms with van der Waals surface area (Å²) in [7, 11) is 0. The Kier molecular flexibility index (Phi) is 7.65. The van der Waals surface area contributed by atoms with E-state index in [4.69, 9.17) is 0 Å². The molecule has 0 saturated heterocycles. The molecule has 4 nitrogen and oxygen atoms in total. The molecule has 2 N–H and O–H groups in total. The van der Waals surface area contributed by atoms with Gasteiger partial charge in [0.2, 0.25) is 5.91 Å². The minimum absolute atomic E-state index is 0.00809. The molecule has 0 aliphatic rings. The van der Waals surface area contributed by atoms with Crippen LogP contribution in [0.25, 0.3) is 0 Å². The number of amides is 2. The predicted molar refractivity (Wildman–Crippen MR) is 104 cm³/mol. The van der Waals surface area contributed by atoms with Gasteiger partial charge in [-0.3, -0.25) is 9.59 Å². The Balaban J connectivity index is 2.52. The van der Waals surface area contributed by atoms with Crippen molar-refractivity contribution >= 4 is 11.8 Å². The van der Waals surface area contributed by atoms with Crippen LogP contribution in [0.2, 0.25) is 0 Å². The molecular weight excluding hydrogens is 312 g/mol. The fourth-order valence-electron chi connectivity index (χ4n) is 2.80. The summed E-state index contributed by atoms with van der Waals surface area (Å²) in [4.78, 5) is 24.6. The Hall–Kier alpha value is -1.84. The van der Waals surface area contributed by atoms with Crippen LogP contribution in [0.1, 0.15) is 76.7 Å². The van der Waals surface area contributed by atoms with Gasteiger partial charge < -0.3 is 10.6 Å². The molecule has 0 aromatic heterocycles. The molecule has 25 heavy (non-hydrogen) atoms. The van der Waals surface area contributed by atoms with E-state index in [9.17, 15) is 9.59 Å². The van der Waals surface area contributed by atoms with Crippen LogP contribution in [0.15, 0.2) is 24.3 Å². The molecule has 0 aliphatic heterocycles. The zero-order valence-electron chi connectivity index (χ0n) is 16.7. The zero-order chi connectivity index (χ0) is 19.1. The number of hydrogen-bond donors (Lipinski definition) is 2. The zero-order valence-corrected chi connectivity index (χ0v) is 16.7. The summed E-state index contributed by atoms with van der Waals surface area (Å²) < 4.78 is 0. The average molecular weight is 347 g/mol. The lowest BCUT2D eigenvalue weighted by molar-refractivity contribution is -0.130. The monoisotopic (exact) mass is 346 g/mol. The second-order valence-electron chi connectivity index (χ2n) is 8.01. The van der Waals surface area contributed by atoms with Crippen molar-refractivity contribution in [2.75, 3.05) is 13.1 Å². The fraction of sp³-hybridized carbons (Fsp3) is 0.619. The summed E-state index contributed by atoms with van der Waals surface area (Å²) >= 11 is 0. The number of rotatable bonds is 8. The highest BCUT2D eigenvalue weighted by atomic mass is 16.2. The van der Waals surface area contributed by atoms with Crippen molar-refractivity contribution in [3.8, 4) is 0 Å². The molecule has 1 unspecified atom stereocenters. The summed E-state index contributed by atoms with van der Waals surface area (Å²) in [6, 6.07) is 7.70. The van der Waals surface area contributed by atoms with Crippen LogP contribution in [0.3, 0.4) is 0 Å². The van der Waals surface area contributed by atoms with Crippen LogP contribution in [-0.4, -0.2) is 24.9 Å². The van der Waals surface area contributed by atoms with Crippen molar-refractivity contribution in [2.24, 2.45) is 5.41 Å². The van der Waals surface area contributed by atoms with E-state index in [1.807, 2.05) is 38.1 Å². The molecule has 0 heterocycles. The normalized spacial score (nSPS) is 13.8. The summed E-state index contributed by atoms with van der Waals surface area (Å²) in [6.07, 6.45) is 2.68. The van der Waals surface area contributed by atoms with E-state index in [1.165, 1.54) is 0 Å². The highest BCUT2D eigenvalue weighted by molar-refractivity contribution is 5.94. The third-order valence-electron chi connectivity index (χ3n) is 4.82. The molecule has 4 heteroatoms. The van der Waals surface area contributed by atoms with Crippen LogP contribution in [0.4, 0.5) is 0 Å². The van der Waals surface area contributed by atoms with Crippen LogP contribution in [0, 0.1) is 5.41 Å². The molecular formula is C21H34N2O2. The van der Waals surface area contributed by atoms with Gasteiger partial charge in [0, 0.05) is 24.1 Å². The van der Waals surface area contributed by atoms with Crippen molar-refractivity contribution < 1.29 is 9.59 Å². The van der Waals surface area contributed by atoms with Gasteiger partial charge in [-0.15, -0.1) is 0 Å². The lowest BCUT2D eigenvalue weighted by Crippen LogP contribution is -2.42. The minimum Gasteiger partial charge on any atom is -0.354 e. The van der Waals surface area contributed by atoms with Gasteiger partial charge in [0.05, 0.1) is 0 Å². The SMILES string of the molecule is CCCC(C)(CC)C(=O)NCCNC(=O)c1cccc(C(C)(C)C)c1. The molecule has 1 aromatic rings. The van der Waals surface area contributed by atoms with E-state index < -0.39 is 0 Å². The van der Waals surface area contributed by atoms with Crippen molar-refractivity contribution in [3.63, 3.8) is 0 Å². The maximum atomic E-state index is 12.3. The topological polar surface area (TPSA) is 58.2 Å². The summed E-state index contributed by atoms with van der Waals surface area (Å²) in [6.45, 7) is 13.4. The molecule has 1 rings (SSSR count). The summed E-state index contributed by atoms with van der Waals surface area (Å²) in [5.74, 6) is -0.0343. The Morgan fingerprint density at radius 2 is 1.64 bits per heavy atom. The average Bonchev–Trinajstić information content (AvgIpc) is 2.57. The maximum absolute atomic E-state index is 12.3. The van der Waals surface area contributed by atoms with Gasteiger partial charge in [-0.25, -0.2) is 0 Å². The summed E-state index contributed by atoms with van der Waals surface area (Å²) in [5, 5.41) is 5.83. The van der Waals surface area contributed by atoms with Gasteiger partial charge in [0.1, 0.15) is 0 Å². The first-order valence-corrected chi connectivity index (χ1v) is 9.31. The number of benzene rings is 1. The highest BCUT2D eigenvalue weighted by Gasteiger charge is 2.29. The second-order valence-corrected chi connectivity index (χ2v) is 8.01. The predicted octanol–water partition coefficient (Wildman–Crippen LogP) is 4.05. The van der Waals surface area contributed by atoms with E-state index in [2.05, 4.69) is 38.3 Å². The van der Waals surface area contributed by atoms with Gasteiger partial charge in [-0.1, -0.05) is 60.1 Å². The van der Waals surface area contributed by atoms with Gasteiger partial charge in [-0.05, 0) is 36.0 Å². The van der Waals surface area contributed by atoms with E-state index in [-0.39, 0.29) is 22.6 Å². The Labute approximate surface area is 152 Å². The van der Waals surface area contributed by atoms with Crippen LogP contribution in [0.5, 0.6) is 0 Å². The smallest absolute Gasteiger partial charge is 0.251 e. The highest BCUT2D eigenvalue weighted by Crippen LogP contribution is 2.27. The first-order chi connectivity index (χ1) is 11.6. The molecule has 0 bridgehead atoms. The third-order valence-corrected chi connectivity index (χ3v) is 4.82. The molecule has 0 spiro atoms. The first-order valence-electron chi connectivity index (χ1n) is 9.31. The molecule has 0 saturated carbocycles. The van der Waals surface area contributed by atoms with Gasteiger partial charge in [-0.2, -0.15) is 0 Å². The molecule has 0 radical (unpaired) electrons. The standard InChI is InChI=1S/C21H34N2O2/c1-7-12-21(6,8-2)19(25)23-14-13-22-18(24)16-10-9-11-17(15-16)20(3,4)5/h9-11,15H,7-8,12-14H2,1-6H3,(H,22,24)(H,23,25). The third kappa shape index (κ3) is 6.18. The minimum atomic E-state index is -0.320. The molecule has 0 aliphatic carbocycles. The van der Waals surface area contributed by atoms with Crippen molar-refractivity contribution in [2.45, 2.75) is 66.2 Å². The summed E-state index contributed by atoms with van der Waals surface area (Å²) in [5.41, 5.74) is 1.48. The van der Waals surface area contributed by atoms with Gasteiger partial charge in [0.25, 0.3) is 5.91 Å². The number of carbonyl (C=O) groups excluding carboxylic acids is 2. The van der Waals surface area contributed by atoms with E-state index in [0.717, 1.165) is 24.8 Å². The lowest BCUT2D eigenvalue weighted by Gasteiger charge is -2.26. The largest absolute Gasteiger partial charge is 0.354 e. The fourth-order valence-corrected chi connectivity index (χ4v) is 2.80. The molecule has 140 valence electrons. The second kappa shape index (κ2) is 9.02. The number of nitrogens with one attached hydrogen (secondary N) is 2. The van der Waals surface area contributed by atoms with E-state index in [0.29, 0.717) is 18.7 Å². The Morgan fingerprint density at radius 1 is 1.00 bits per heavy atom. The number of hydrogen-bond acceptors (Lipinski definition) is 2. The quantitative estimate of drug-likeness (QED) is 0.698. The van der Waals surface area contributed by atoms with Gasteiger partial charge >= 0.3 is 0 Å². The Bertz CT molecular complexity index is 590. The van der Waals surface area contributed by atoms with Crippen molar-refractivity contribution in [3.05, 3.63) is 35.4 Å². The van der Waals surface area contributed by atoms with Crippen LogP contribution < -0.4 is 10.6 Å². The maximum Gasteiger partial charge on any atom is 0.251 e. The molecule has 0 fully saturated rings. The van der Waals surface area contributed by atoms with E-state index in [1.54, 1.807) is 0 Å². The molecule has 2 amide bonds. The molecule has 1 aromatic carbocycles. The van der Waals surface area contributed by atoms with E-state index >= 15 is 0 Å². The van der Waals surface area contributed by atoms with Gasteiger partial charge in [0.15, 0.2) is 0 Å². The van der Waals surface area contributed by atoms with Crippen LogP contribution >= 0.6 is 0 Å². The lowest BCUT2D eigenvalue weighted by atomic mass is 9.82. The number of carbonyl (C=O) groups is 2. The van der Waals surface area contributed by atoms with Crippen molar-refractivity contribution in [1.29, 1.82) is 0 Å². The first kappa shape index (κ1) is 21.2. The van der Waals surface area contributed by atoms with Crippen LogP contribution in [-0.2, 0) is 10.2 Å². The molecule has 1 atom stereocenters. The Morgan fingerprint density at radius 3 is 2.20 bits per heavy atom. The van der Waals surface area contributed by atoms with Crippen molar-refractivity contribution in [1.82, 2.24) is 10.6 Å².